The molecule has 0 saturated carbocycles. The number of carboxylic acid groups (broad SMARTS) is 1. The second-order valence-electron chi connectivity index (χ2n) is 6.44. The summed E-state index contributed by atoms with van der Waals surface area (Å²) in [5.74, 6) is -1.24. The molecule has 10 heteroatoms. The molecule has 0 aliphatic heterocycles. The van der Waals surface area contributed by atoms with Gasteiger partial charge in [-0.3, -0.25) is 9.97 Å². The largest absolute Gasteiger partial charge is 0.490 e. The first-order chi connectivity index (χ1) is 14.7. The monoisotopic (exact) mass is 433 g/mol. The lowest BCUT2D eigenvalue weighted by atomic mass is 10.1. The number of alkyl halides is 3. The third kappa shape index (κ3) is 7.65. The van der Waals surface area contributed by atoms with Gasteiger partial charge >= 0.3 is 12.1 Å². The number of nitrogens with one attached hydrogen (secondary N) is 1. The van der Waals surface area contributed by atoms with Crippen LogP contribution in [0.5, 0.6) is 0 Å². The summed E-state index contributed by atoms with van der Waals surface area (Å²) in [5.41, 5.74) is 2.69. The molecule has 31 heavy (non-hydrogen) atoms. The molecule has 3 aromatic heterocycles. The van der Waals surface area contributed by atoms with Crippen LogP contribution in [0.25, 0.3) is 11.4 Å². The number of carbonyl (C=O) groups is 1. The summed E-state index contributed by atoms with van der Waals surface area (Å²) >= 11 is 0. The second-order valence-corrected chi connectivity index (χ2v) is 6.44. The van der Waals surface area contributed by atoms with Gasteiger partial charge in [-0.15, -0.1) is 0 Å². The smallest absolute Gasteiger partial charge is 0.475 e. The Labute approximate surface area is 177 Å². The molecule has 0 bridgehead atoms. The molecule has 2 N–H and O–H groups in total. The predicted molar refractivity (Wildman–Crippen MR) is 109 cm³/mol. The molecule has 0 amide bonds. The van der Waals surface area contributed by atoms with Crippen LogP contribution in [0.3, 0.4) is 0 Å². The lowest BCUT2D eigenvalue weighted by Crippen LogP contribution is -2.21. The highest BCUT2D eigenvalue weighted by atomic mass is 19.4. The van der Waals surface area contributed by atoms with Crippen molar-refractivity contribution in [3.8, 4) is 11.4 Å². The average Bonchev–Trinajstić information content (AvgIpc) is 2.74. The molecule has 164 valence electrons. The Morgan fingerprint density at radius 2 is 1.71 bits per heavy atom. The number of rotatable bonds is 6. The van der Waals surface area contributed by atoms with Gasteiger partial charge in [0.1, 0.15) is 11.6 Å². The van der Waals surface area contributed by atoms with Gasteiger partial charge in [-0.25, -0.2) is 14.8 Å². The van der Waals surface area contributed by atoms with Crippen LogP contribution in [-0.4, -0.2) is 37.2 Å². The fraction of sp³-hybridized carbons (Fsp3) is 0.286. The SMILES string of the molecule is CCCC(Nc1cc(-c2ccccn2)nc(C)n1)c1ccccn1.O=C(O)C(F)(F)F. The van der Waals surface area contributed by atoms with E-state index < -0.39 is 12.1 Å². The van der Waals surface area contributed by atoms with Crippen LogP contribution in [0.4, 0.5) is 19.0 Å². The van der Waals surface area contributed by atoms with Crippen molar-refractivity contribution in [2.75, 3.05) is 5.32 Å². The lowest BCUT2D eigenvalue weighted by molar-refractivity contribution is -0.192. The maximum Gasteiger partial charge on any atom is 0.490 e. The molecule has 3 rings (SSSR count). The molecule has 1 atom stereocenters. The van der Waals surface area contributed by atoms with Gasteiger partial charge in [-0.1, -0.05) is 25.5 Å². The molecular formula is C21H22F3N5O2. The molecule has 0 spiro atoms. The summed E-state index contributed by atoms with van der Waals surface area (Å²) in [6, 6.07) is 13.9. The minimum atomic E-state index is -5.08. The van der Waals surface area contributed by atoms with Gasteiger partial charge < -0.3 is 10.4 Å². The van der Waals surface area contributed by atoms with E-state index in [1.807, 2.05) is 55.6 Å². The fourth-order valence-corrected chi connectivity index (χ4v) is 2.63. The van der Waals surface area contributed by atoms with Crippen LogP contribution in [0.2, 0.25) is 0 Å². The van der Waals surface area contributed by atoms with Gasteiger partial charge in [0.15, 0.2) is 0 Å². The van der Waals surface area contributed by atoms with Gasteiger partial charge in [-0.05, 0) is 37.6 Å². The first-order valence-corrected chi connectivity index (χ1v) is 9.45. The Balaban J connectivity index is 0.000000423. The van der Waals surface area contributed by atoms with E-state index in [4.69, 9.17) is 9.90 Å². The van der Waals surface area contributed by atoms with E-state index in [0.717, 1.165) is 41.6 Å². The molecule has 0 aromatic carbocycles. The molecule has 0 fully saturated rings. The zero-order chi connectivity index (χ0) is 22.9. The minimum Gasteiger partial charge on any atom is -0.475 e. The van der Waals surface area contributed by atoms with Crippen molar-refractivity contribution in [3.05, 3.63) is 66.4 Å². The standard InChI is InChI=1S/C19H21N5.C2HF3O2/c1-3-8-17(15-9-4-6-11-20-15)24-19-13-18(22-14(2)23-19)16-10-5-7-12-21-16;3-2(4,5)1(6)7/h4-7,9-13,17H,3,8H2,1-2H3,(H,22,23,24);(H,6,7). The Morgan fingerprint density at radius 3 is 2.23 bits per heavy atom. The van der Waals surface area contributed by atoms with Crippen LogP contribution in [0.1, 0.15) is 37.3 Å². The maximum atomic E-state index is 10.6. The predicted octanol–water partition coefficient (Wildman–Crippen LogP) is 4.83. The number of pyridine rings is 2. The number of aromatic nitrogens is 4. The van der Waals surface area contributed by atoms with Crippen LogP contribution in [0.15, 0.2) is 54.9 Å². The highest BCUT2D eigenvalue weighted by Gasteiger charge is 2.38. The van der Waals surface area contributed by atoms with Gasteiger partial charge in [0.05, 0.1) is 23.1 Å². The van der Waals surface area contributed by atoms with E-state index in [-0.39, 0.29) is 6.04 Å². The van der Waals surface area contributed by atoms with Gasteiger partial charge in [-0.2, -0.15) is 13.2 Å². The summed E-state index contributed by atoms with van der Waals surface area (Å²) in [6.45, 7) is 4.06. The number of hydrogen-bond donors (Lipinski definition) is 2. The summed E-state index contributed by atoms with van der Waals surface area (Å²) in [4.78, 5) is 26.8. The first-order valence-electron chi connectivity index (χ1n) is 9.45. The molecular weight excluding hydrogens is 411 g/mol. The van der Waals surface area contributed by atoms with Gasteiger partial charge in [0, 0.05) is 18.5 Å². The Morgan fingerprint density at radius 1 is 1.06 bits per heavy atom. The van der Waals surface area contributed by atoms with E-state index in [9.17, 15) is 13.2 Å². The van der Waals surface area contributed by atoms with E-state index >= 15 is 0 Å². The van der Waals surface area contributed by atoms with E-state index in [1.54, 1.807) is 6.20 Å². The topological polar surface area (TPSA) is 101 Å². The number of nitrogens with zero attached hydrogens (tertiary/aromatic N) is 4. The zero-order valence-corrected chi connectivity index (χ0v) is 17.0. The molecule has 7 nitrogen and oxygen atoms in total. The number of aryl methyl sites for hydroxylation is 1. The summed E-state index contributed by atoms with van der Waals surface area (Å²) in [7, 11) is 0. The third-order valence-electron chi connectivity index (χ3n) is 3.95. The quantitative estimate of drug-likeness (QED) is 0.574. The Kier molecular flexibility index (Phi) is 8.42. The number of halogens is 3. The van der Waals surface area contributed by atoms with Gasteiger partial charge in [0.25, 0.3) is 0 Å². The van der Waals surface area contributed by atoms with Crippen molar-refractivity contribution in [2.24, 2.45) is 0 Å². The van der Waals surface area contributed by atoms with Crippen molar-refractivity contribution in [2.45, 2.75) is 38.9 Å². The van der Waals surface area contributed by atoms with Crippen molar-refractivity contribution in [1.29, 1.82) is 0 Å². The molecule has 0 saturated heterocycles. The summed E-state index contributed by atoms with van der Waals surface area (Å²) < 4.78 is 31.7. The van der Waals surface area contributed by atoms with E-state index in [2.05, 4.69) is 32.2 Å². The van der Waals surface area contributed by atoms with Crippen molar-refractivity contribution < 1.29 is 23.1 Å². The van der Waals surface area contributed by atoms with Crippen LogP contribution in [-0.2, 0) is 4.79 Å². The summed E-state index contributed by atoms with van der Waals surface area (Å²) in [5, 5.41) is 10.6. The lowest BCUT2D eigenvalue weighted by Gasteiger charge is -2.18. The minimum absolute atomic E-state index is 0.127. The van der Waals surface area contributed by atoms with Crippen LogP contribution < -0.4 is 5.32 Å². The van der Waals surface area contributed by atoms with Crippen LogP contribution in [0, 0.1) is 6.92 Å². The van der Waals surface area contributed by atoms with Crippen molar-refractivity contribution in [3.63, 3.8) is 0 Å². The molecule has 0 radical (unpaired) electrons. The van der Waals surface area contributed by atoms with Crippen LogP contribution >= 0.6 is 0 Å². The molecule has 1 unspecified atom stereocenters. The second kappa shape index (κ2) is 11.0. The Bertz CT molecular complexity index is 970. The first kappa shape index (κ1) is 23.7. The summed E-state index contributed by atoms with van der Waals surface area (Å²) in [6.07, 6.45) is 0.558. The molecule has 3 heterocycles. The number of carboxylic acids is 1. The van der Waals surface area contributed by atoms with Gasteiger partial charge in [0.2, 0.25) is 0 Å². The fourth-order valence-electron chi connectivity index (χ4n) is 2.63. The molecule has 3 aromatic rings. The molecule has 0 aliphatic rings. The highest BCUT2D eigenvalue weighted by Crippen LogP contribution is 2.24. The molecule has 0 aliphatic carbocycles. The highest BCUT2D eigenvalue weighted by molar-refractivity contribution is 5.73. The van der Waals surface area contributed by atoms with Crippen molar-refractivity contribution in [1.82, 2.24) is 19.9 Å². The maximum absolute atomic E-state index is 10.6. The number of hydrogen-bond acceptors (Lipinski definition) is 6. The average molecular weight is 433 g/mol. The number of anilines is 1. The Hall–Kier alpha value is -3.56. The van der Waals surface area contributed by atoms with E-state index in [0.29, 0.717) is 0 Å². The third-order valence-corrected chi connectivity index (χ3v) is 3.95. The van der Waals surface area contributed by atoms with E-state index in [1.165, 1.54) is 0 Å². The van der Waals surface area contributed by atoms with Crippen molar-refractivity contribution >= 4 is 11.8 Å². The zero-order valence-electron chi connectivity index (χ0n) is 17.0. The normalized spacial score (nSPS) is 11.8. The number of aliphatic carboxylic acids is 1.